The van der Waals surface area contributed by atoms with Crippen molar-refractivity contribution in [1.82, 2.24) is 10.1 Å². The number of pyridine rings is 1. The zero-order valence-corrected chi connectivity index (χ0v) is 11.8. The number of ether oxygens (including phenoxy) is 1. The fraction of sp³-hybridized carbons (Fsp3) is 0.143. The zero-order valence-electron chi connectivity index (χ0n) is 10.3. The van der Waals surface area contributed by atoms with Gasteiger partial charge in [0.15, 0.2) is 0 Å². The van der Waals surface area contributed by atoms with E-state index in [2.05, 4.69) is 39.1 Å². The van der Waals surface area contributed by atoms with Gasteiger partial charge in [0.1, 0.15) is 17.6 Å². The van der Waals surface area contributed by atoms with Crippen LogP contribution >= 0.6 is 15.9 Å². The molecule has 3 aromatic rings. The Labute approximate surface area is 118 Å². The smallest absolute Gasteiger partial charge is 0.228 e. The molecule has 0 aliphatic rings. The van der Waals surface area contributed by atoms with Gasteiger partial charge in [-0.15, -0.1) is 0 Å². The van der Waals surface area contributed by atoms with Gasteiger partial charge in [-0.1, -0.05) is 29.4 Å². The van der Waals surface area contributed by atoms with E-state index in [9.17, 15) is 0 Å². The van der Waals surface area contributed by atoms with E-state index in [1.165, 1.54) is 5.56 Å². The molecular formula is C14H11BrN2O2. The number of fused-ring (bicyclic) bond motifs is 1. The van der Waals surface area contributed by atoms with Gasteiger partial charge in [-0.25, -0.2) is 4.98 Å². The van der Waals surface area contributed by atoms with Crippen LogP contribution in [0.4, 0.5) is 0 Å². The molecule has 0 aliphatic carbocycles. The Morgan fingerprint density at radius 1 is 1.21 bits per heavy atom. The summed E-state index contributed by atoms with van der Waals surface area (Å²) in [6.07, 6.45) is 0. The van der Waals surface area contributed by atoms with Crippen LogP contribution in [0.5, 0.6) is 5.88 Å². The van der Waals surface area contributed by atoms with Crippen molar-refractivity contribution in [1.29, 1.82) is 0 Å². The molecule has 0 aliphatic heterocycles. The van der Waals surface area contributed by atoms with Crippen molar-refractivity contribution in [3.8, 4) is 5.88 Å². The van der Waals surface area contributed by atoms with E-state index in [-0.39, 0.29) is 0 Å². The third-order valence-corrected chi connectivity index (χ3v) is 3.42. The first-order valence-electron chi connectivity index (χ1n) is 5.83. The molecule has 0 bridgehead atoms. The van der Waals surface area contributed by atoms with Gasteiger partial charge in [-0.2, -0.15) is 0 Å². The van der Waals surface area contributed by atoms with Gasteiger partial charge >= 0.3 is 0 Å². The van der Waals surface area contributed by atoms with Crippen molar-refractivity contribution in [2.75, 3.05) is 0 Å². The minimum Gasteiger partial charge on any atom is -0.473 e. The van der Waals surface area contributed by atoms with E-state index >= 15 is 0 Å². The van der Waals surface area contributed by atoms with Gasteiger partial charge in [0.2, 0.25) is 10.5 Å². The lowest BCUT2D eigenvalue weighted by atomic mass is 10.1. The average Bonchev–Trinajstić information content (AvgIpc) is 2.79. The third kappa shape index (κ3) is 2.46. The van der Waals surface area contributed by atoms with Crippen LogP contribution in [0.1, 0.15) is 11.1 Å². The molecule has 0 fully saturated rings. The quantitative estimate of drug-likeness (QED) is 0.735. The molecule has 96 valence electrons. The van der Waals surface area contributed by atoms with Crippen LogP contribution in [-0.4, -0.2) is 10.1 Å². The van der Waals surface area contributed by atoms with E-state index in [0.29, 0.717) is 28.2 Å². The molecule has 0 spiro atoms. The number of hydrogen-bond acceptors (Lipinski definition) is 4. The lowest BCUT2D eigenvalue weighted by Gasteiger charge is -2.07. The molecule has 2 heterocycles. The van der Waals surface area contributed by atoms with E-state index < -0.39 is 0 Å². The second kappa shape index (κ2) is 5.01. The predicted molar refractivity (Wildman–Crippen MR) is 75.0 cm³/mol. The Balaban J connectivity index is 1.82. The number of benzene rings is 1. The molecule has 3 rings (SSSR count). The Morgan fingerprint density at radius 3 is 2.89 bits per heavy atom. The molecule has 0 N–H and O–H groups in total. The Kier molecular flexibility index (Phi) is 3.21. The Bertz CT molecular complexity index is 724. The summed E-state index contributed by atoms with van der Waals surface area (Å²) in [5.74, 6) is 0.555. The number of nitrogens with zero attached hydrogens (tertiary/aromatic N) is 2. The van der Waals surface area contributed by atoms with Crippen LogP contribution in [0, 0.1) is 6.92 Å². The van der Waals surface area contributed by atoms with Crippen LogP contribution in [0.15, 0.2) is 45.6 Å². The average molecular weight is 319 g/mol. The number of aromatic nitrogens is 2. The topological polar surface area (TPSA) is 48.2 Å². The van der Waals surface area contributed by atoms with Gasteiger partial charge < -0.3 is 9.26 Å². The molecule has 0 atom stereocenters. The van der Waals surface area contributed by atoms with E-state index in [0.717, 1.165) is 5.56 Å². The largest absolute Gasteiger partial charge is 0.473 e. The normalized spacial score (nSPS) is 10.8. The summed E-state index contributed by atoms with van der Waals surface area (Å²) in [5.41, 5.74) is 3.72. The van der Waals surface area contributed by atoms with Crippen LogP contribution in [0.3, 0.4) is 0 Å². The highest BCUT2D eigenvalue weighted by atomic mass is 79.9. The summed E-state index contributed by atoms with van der Waals surface area (Å²) in [6.45, 7) is 2.56. The molecular weight excluding hydrogens is 308 g/mol. The number of halogens is 1. The summed E-state index contributed by atoms with van der Waals surface area (Å²) in [5, 5.41) is 3.85. The Hall–Kier alpha value is -1.88. The van der Waals surface area contributed by atoms with Gasteiger partial charge in [0.05, 0.1) is 0 Å². The Morgan fingerprint density at radius 2 is 2.05 bits per heavy atom. The van der Waals surface area contributed by atoms with Crippen LogP contribution in [0.2, 0.25) is 0 Å². The molecule has 0 saturated carbocycles. The number of hydrogen-bond donors (Lipinski definition) is 0. The molecule has 0 radical (unpaired) electrons. The predicted octanol–water partition coefficient (Wildman–Crippen LogP) is 3.87. The molecule has 19 heavy (non-hydrogen) atoms. The minimum absolute atomic E-state index is 0.494. The highest BCUT2D eigenvalue weighted by molar-refractivity contribution is 9.10. The fourth-order valence-electron chi connectivity index (χ4n) is 1.79. The van der Waals surface area contributed by atoms with Crippen LogP contribution < -0.4 is 4.74 Å². The van der Waals surface area contributed by atoms with Crippen molar-refractivity contribution in [3.63, 3.8) is 0 Å². The van der Waals surface area contributed by atoms with Crippen molar-refractivity contribution in [2.24, 2.45) is 0 Å². The summed E-state index contributed by atoms with van der Waals surface area (Å²) in [4.78, 5) is 4.35. The SMILES string of the molecule is Cc1ccccc1COc1ccc2noc(Br)c2n1. The maximum absolute atomic E-state index is 5.70. The maximum atomic E-state index is 5.70. The van der Waals surface area contributed by atoms with Crippen molar-refractivity contribution < 1.29 is 9.26 Å². The molecule has 5 heteroatoms. The maximum Gasteiger partial charge on any atom is 0.228 e. The van der Waals surface area contributed by atoms with E-state index in [1.54, 1.807) is 6.07 Å². The monoisotopic (exact) mass is 318 g/mol. The first-order chi connectivity index (χ1) is 9.24. The summed E-state index contributed by atoms with van der Waals surface area (Å²) < 4.78 is 11.2. The summed E-state index contributed by atoms with van der Waals surface area (Å²) in [6, 6.07) is 11.7. The second-order valence-electron chi connectivity index (χ2n) is 4.19. The van der Waals surface area contributed by atoms with Gasteiger partial charge in [0, 0.05) is 6.07 Å². The van der Waals surface area contributed by atoms with Crippen molar-refractivity contribution in [2.45, 2.75) is 13.5 Å². The molecule has 0 amide bonds. The number of aryl methyl sites for hydroxylation is 1. The highest BCUT2D eigenvalue weighted by Crippen LogP contribution is 2.24. The minimum atomic E-state index is 0.494. The zero-order chi connectivity index (χ0) is 13.2. The molecule has 4 nitrogen and oxygen atoms in total. The number of rotatable bonds is 3. The van der Waals surface area contributed by atoms with Gasteiger partial charge in [-0.05, 0) is 40.0 Å². The van der Waals surface area contributed by atoms with E-state index in [1.807, 2.05) is 24.3 Å². The molecule has 1 aromatic carbocycles. The lowest BCUT2D eigenvalue weighted by Crippen LogP contribution is -1.99. The van der Waals surface area contributed by atoms with Crippen LogP contribution in [0.25, 0.3) is 11.0 Å². The standard InChI is InChI=1S/C14H11BrN2O2/c1-9-4-2-3-5-10(9)8-18-12-7-6-11-13(16-12)14(15)19-17-11/h2-7H,8H2,1H3. The first-order valence-corrected chi connectivity index (χ1v) is 6.62. The summed E-state index contributed by atoms with van der Waals surface area (Å²) >= 11 is 3.26. The van der Waals surface area contributed by atoms with Crippen LogP contribution in [-0.2, 0) is 6.61 Å². The van der Waals surface area contributed by atoms with E-state index in [4.69, 9.17) is 9.26 Å². The molecule has 0 unspecified atom stereocenters. The van der Waals surface area contributed by atoms with Crippen molar-refractivity contribution in [3.05, 3.63) is 52.2 Å². The molecule has 0 saturated heterocycles. The third-order valence-electron chi connectivity index (χ3n) is 2.90. The summed E-state index contributed by atoms with van der Waals surface area (Å²) in [7, 11) is 0. The lowest BCUT2D eigenvalue weighted by molar-refractivity contribution is 0.294. The van der Waals surface area contributed by atoms with Gasteiger partial charge in [-0.3, -0.25) is 0 Å². The molecule has 2 aromatic heterocycles. The highest BCUT2D eigenvalue weighted by Gasteiger charge is 2.08. The van der Waals surface area contributed by atoms with Crippen molar-refractivity contribution >= 4 is 27.0 Å². The fourth-order valence-corrected chi connectivity index (χ4v) is 2.15. The second-order valence-corrected chi connectivity index (χ2v) is 4.91. The van der Waals surface area contributed by atoms with Gasteiger partial charge in [0.25, 0.3) is 0 Å². The first kappa shape index (κ1) is 12.2.